The normalized spacial score (nSPS) is 25.0. The van der Waals surface area contributed by atoms with Gasteiger partial charge in [-0.3, -0.25) is 9.89 Å². The van der Waals surface area contributed by atoms with Crippen molar-refractivity contribution < 1.29 is 0 Å². The zero-order chi connectivity index (χ0) is 20.1. The molecule has 1 aromatic rings. The molecule has 5 nitrogen and oxygen atoms in total. The van der Waals surface area contributed by atoms with Gasteiger partial charge in [-0.05, 0) is 82.9 Å². The van der Waals surface area contributed by atoms with Crippen molar-refractivity contribution in [3.63, 3.8) is 0 Å². The number of benzene rings is 1. The fourth-order valence-electron chi connectivity index (χ4n) is 4.59. The Balaban J connectivity index is 1.58. The van der Waals surface area contributed by atoms with Gasteiger partial charge in [0.2, 0.25) is 0 Å². The Kier molecular flexibility index (Phi) is 7.61. The molecule has 3 rings (SSSR count). The highest BCUT2D eigenvalue weighted by Gasteiger charge is 2.33. The van der Waals surface area contributed by atoms with Crippen LogP contribution in [0.1, 0.15) is 37.3 Å². The van der Waals surface area contributed by atoms with Crippen LogP contribution in [0.5, 0.6) is 0 Å². The molecule has 2 fully saturated rings. The molecule has 2 aliphatic rings. The van der Waals surface area contributed by atoms with E-state index in [-0.39, 0.29) is 0 Å². The average Bonchev–Trinajstić information content (AvgIpc) is 3.49. The van der Waals surface area contributed by atoms with Crippen LogP contribution in [-0.2, 0) is 0 Å². The molecule has 6 heteroatoms. The maximum absolute atomic E-state index is 6.27. The molecule has 3 atom stereocenters. The first-order valence-electron chi connectivity index (χ1n) is 10.6. The summed E-state index contributed by atoms with van der Waals surface area (Å²) in [5.74, 6) is 2.27. The zero-order valence-corrected chi connectivity index (χ0v) is 18.5. The van der Waals surface area contributed by atoms with E-state index in [1.54, 1.807) is 0 Å². The highest BCUT2D eigenvalue weighted by atomic mass is 35.5. The SMILES string of the molecule is CN=C(NCC1CCCN(C)C1c1cccc(Cl)c1)NCC(C1CC1)N(C)C. The lowest BCUT2D eigenvalue weighted by atomic mass is 9.85. The van der Waals surface area contributed by atoms with Gasteiger partial charge in [0.1, 0.15) is 0 Å². The summed E-state index contributed by atoms with van der Waals surface area (Å²) < 4.78 is 0. The van der Waals surface area contributed by atoms with Crippen LogP contribution in [0.4, 0.5) is 0 Å². The standard InChI is InChI=1S/C22H36ClN5/c1-24-22(26-15-20(27(2)3)16-10-11-16)25-14-18-8-6-12-28(4)21(18)17-7-5-9-19(23)13-17/h5,7,9,13,16,18,20-21H,6,8,10-12,14-15H2,1-4H3,(H2,24,25,26). The predicted octanol–water partition coefficient (Wildman–Crippen LogP) is 3.23. The molecule has 28 heavy (non-hydrogen) atoms. The molecule has 0 radical (unpaired) electrons. The molecule has 0 spiro atoms. The number of aliphatic imine (C=N–C) groups is 1. The third-order valence-corrected chi connectivity index (χ3v) is 6.50. The smallest absolute Gasteiger partial charge is 0.191 e. The van der Waals surface area contributed by atoms with Crippen molar-refractivity contribution >= 4 is 17.6 Å². The van der Waals surface area contributed by atoms with E-state index in [1.807, 2.05) is 13.1 Å². The summed E-state index contributed by atoms with van der Waals surface area (Å²) in [5.41, 5.74) is 1.31. The highest BCUT2D eigenvalue weighted by Crippen LogP contribution is 2.36. The predicted molar refractivity (Wildman–Crippen MR) is 119 cm³/mol. The number of hydrogen-bond acceptors (Lipinski definition) is 3. The number of likely N-dealkylation sites (N-methyl/N-ethyl adjacent to an activating group) is 1. The van der Waals surface area contributed by atoms with Crippen LogP contribution in [-0.4, -0.2) is 69.6 Å². The number of nitrogens with zero attached hydrogens (tertiary/aromatic N) is 3. The van der Waals surface area contributed by atoms with E-state index < -0.39 is 0 Å². The average molecular weight is 406 g/mol. The zero-order valence-electron chi connectivity index (χ0n) is 17.8. The van der Waals surface area contributed by atoms with E-state index in [0.29, 0.717) is 18.0 Å². The molecule has 0 aromatic heterocycles. The van der Waals surface area contributed by atoms with Gasteiger partial charge in [0.05, 0.1) is 0 Å². The lowest BCUT2D eigenvalue weighted by molar-refractivity contribution is 0.122. The molecular formula is C22H36ClN5. The van der Waals surface area contributed by atoms with Gasteiger partial charge >= 0.3 is 0 Å². The fraction of sp³-hybridized carbons (Fsp3) is 0.682. The van der Waals surface area contributed by atoms with E-state index in [4.69, 9.17) is 11.6 Å². The Morgan fingerprint density at radius 3 is 2.71 bits per heavy atom. The molecule has 1 saturated heterocycles. The first-order chi connectivity index (χ1) is 13.5. The van der Waals surface area contributed by atoms with Crippen LogP contribution in [0.15, 0.2) is 29.3 Å². The minimum atomic E-state index is 0.388. The number of hydrogen-bond donors (Lipinski definition) is 2. The summed E-state index contributed by atoms with van der Waals surface area (Å²) in [5, 5.41) is 7.95. The summed E-state index contributed by atoms with van der Waals surface area (Å²) in [6.07, 6.45) is 5.16. The van der Waals surface area contributed by atoms with Crippen LogP contribution >= 0.6 is 11.6 Å². The monoisotopic (exact) mass is 405 g/mol. The molecule has 3 unspecified atom stereocenters. The van der Waals surface area contributed by atoms with Gasteiger partial charge in [-0.1, -0.05) is 23.7 Å². The van der Waals surface area contributed by atoms with Gasteiger partial charge in [-0.15, -0.1) is 0 Å². The van der Waals surface area contributed by atoms with Crippen LogP contribution in [0.2, 0.25) is 5.02 Å². The molecular weight excluding hydrogens is 370 g/mol. The summed E-state index contributed by atoms with van der Waals surface area (Å²) in [6, 6.07) is 9.30. The van der Waals surface area contributed by atoms with Gasteiger partial charge in [-0.25, -0.2) is 0 Å². The molecule has 0 bridgehead atoms. The highest BCUT2D eigenvalue weighted by molar-refractivity contribution is 6.30. The summed E-state index contributed by atoms with van der Waals surface area (Å²) in [6.45, 7) is 2.99. The van der Waals surface area contributed by atoms with E-state index in [2.05, 4.69) is 64.8 Å². The third-order valence-electron chi connectivity index (χ3n) is 6.26. The molecule has 1 saturated carbocycles. The second-order valence-corrected chi connectivity index (χ2v) is 9.02. The maximum atomic E-state index is 6.27. The summed E-state index contributed by atoms with van der Waals surface area (Å²) in [7, 11) is 8.43. The molecule has 0 amide bonds. The number of rotatable bonds is 7. The van der Waals surface area contributed by atoms with E-state index >= 15 is 0 Å². The number of halogens is 1. The van der Waals surface area contributed by atoms with E-state index in [9.17, 15) is 0 Å². The van der Waals surface area contributed by atoms with Crippen LogP contribution in [0.25, 0.3) is 0 Å². The van der Waals surface area contributed by atoms with Gasteiger partial charge in [0.15, 0.2) is 5.96 Å². The van der Waals surface area contributed by atoms with Crippen LogP contribution in [0, 0.1) is 11.8 Å². The Hall–Kier alpha value is -1.30. The number of nitrogens with one attached hydrogen (secondary N) is 2. The number of guanidine groups is 1. The summed E-state index contributed by atoms with van der Waals surface area (Å²) >= 11 is 6.27. The molecule has 1 heterocycles. The van der Waals surface area contributed by atoms with Gasteiger partial charge < -0.3 is 15.5 Å². The van der Waals surface area contributed by atoms with Crippen molar-refractivity contribution in [3.05, 3.63) is 34.9 Å². The van der Waals surface area contributed by atoms with Crippen molar-refractivity contribution in [2.75, 3.05) is 47.8 Å². The molecule has 156 valence electrons. The van der Waals surface area contributed by atoms with Crippen molar-refractivity contribution in [1.82, 2.24) is 20.4 Å². The largest absolute Gasteiger partial charge is 0.356 e. The summed E-state index contributed by atoms with van der Waals surface area (Å²) in [4.78, 5) is 9.26. The van der Waals surface area contributed by atoms with Crippen LogP contribution < -0.4 is 10.6 Å². The van der Waals surface area contributed by atoms with E-state index in [0.717, 1.165) is 36.5 Å². The Bertz CT molecular complexity index is 656. The quantitative estimate of drug-likeness (QED) is 0.540. The van der Waals surface area contributed by atoms with Crippen LogP contribution in [0.3, 0.4) is 0 Å². The Labute approximate surface area is 175 Å². The van der Waals surface area contributed by atoms with Gasteiger partial charge in [0, 0.05) is 37.2 Å². The fourth-order valence-corrected chi connectivity index (χ4v) is 4.79. The lowest BCUT2D eigenvalue weighted by Gasteiger charge is -2.40. The van der Waals surface area contributed by atoms with Gasteiger partial charge in [-0.2, -0.15) is 0 Å². The number of likely N-dealkylation sites (tertiary alicyclic amines) is 1. The molecule has 2 N–H and O–H groups in total. The van der Waals surface area contributed by atoms with Crippen molar-refractivity contribution in [2.24, 2.45) is 16.8 Å². The minimum absolute atomic E-state index is 0.388. The molecule has 1 aromatic carbocycles. The van der Waals surface area contributed by atoms with Gasteiger partial charge in [0.25, 0.3) is 0 Å². The number of piperidine rings is 1. The van der Waals surface area contributed by atoms with Crippen molar-refractivity contribution in [2.45, 2.75) is 37.8 Å². The lowest BCUT2D eigenvalue weighted by Crippen LogP contribution is -2.48. The molecule has 1 aliphatic heterocycles. The first kappa shape index (κ1) is 21.4. The van der Waals surface area contributed by atoms with E-state index in [1.165, 1.54) is 31.2 Å². The Morgan fingerprint density at radius 2 is 2.07 bits per heavy atom. The second-order valence-electron chi connectivity index (χ2n) is 8.59. The maximum Gasteiger partial charge on any atom is 0.191 e. The minimum Gasteiger partial charge on any atom is -0.356 e. The Morgan fingerprint density at radius 1 is 1.29 bits per heavy atom. The third kappa shape index (κ3) is 5.62. The van der Waals surface area contributed by atoms with Crippen molar-refractivity contribution in [3.8, 4) is 0 Å². The first-order valence-corrected chi connectivity index (χ1v) is 10.9. The second kappa shape index (κ2) is 9.95. The van der Waals surface area contributed by atoms with Crippen molar-refractivity contribution in [1.29, 1.82) is 0 Å². The molecule has 1 aliphatic carbocycles. The topological polar surface area (TPSA) is 42.9 Å².